The molecule has 1 aliphatic rings. The van der Waals surface area contributed by atoms with Crippen molar-refractivity contribution in [3.8, 4) is 0 Å². The van der Waals surface area contributed by atoms with Crippen LogP contribution in [0, 0.1) is 12.8 Å². The van der Waals surface area contributed by atoms with E-state index in [0.29, 0.717) is 27.6 Å². The molecule has 5 nitrogen and oxygen atoms in total. The number of halogens is 1. The lowest BCUT2D eigenvalue weighted by Crippen LogP contribution is -2.39. The van der Waals surface area contributed by atoms with E-state index in [1.165, 1.54) is 0 Å². The summed E-state index contributed by atoms with van der Waals surface area (Å²) in [5, 5.41) is 0. The molecule has 0 radical (unpaired) electrons. The zero-order valence-electron chi connectivity index (χ0n) is 12.3. The van der Waals surface area contributed by atoms with Crippen molar-refractivity contribution in [1.82, 2.24) is 13.9 Å². The highest BCUT2D eigenvalue weighted by Crippen LogP contribution is 2.30. The standard InChI is InChI=1S/C14H18ClN3O2S2/c1-11-16-6-9-17(11)10-12-4-7-18(8-5-12)22(19,20)14-3-2-13(15)21-14/h2-3,6,9,12H,4-5,7-8,10H2,1H3. The third-order valence-electron chi connectivity index (χ3n) is 4.09. The van der Waals surface area contributed by atoms with E-state index in [1.807, 2.05) is 13.1 Å². The Morgan fingerprint density at radius 2 is 2.09 bits per heavy atom. The van der Waals surface area contributed by atoms with Gasteiger partial charge in [-0.2, -0.15) is 4.31 Å². The largest absolute Gasteiger partial charge is 0.335 e. The average molecular weight is 360 g/mol. The minimum Gasteiger partial charge on any atom is -0.335 e. The topological polar surface area (TPSA) is 55.2 Å². The molecule has 2 aromatic rings. The molecule has 0 bridgehead atoms. The first-order chi connectivity index (χ1) is 10.5. The van der Waals surface area contributed by atoms with Crippen LogP contribution < -0.4 is 0 Å². The number of thiophene rings is 1. The van der Waals surface area contributed by atoms with E-state index in [4.69, 9.17) is 11.6 Å². The molecular weight excluding hydrogens is 342 g/mol. The van der Waals surface area contributed by atoms with Crippen molar-refractivity contribution in [2.45, 2.75) is 30.5 Å². The predicted molar refractivity (Wildman–Crippen MR) is 87.8 cm³/mol. The third kappa shape index (κ3) is 3.22. The van der Waals surface area contributed by atoms with E-state index < -0.39 is 10.0 Å². The quantitative estimate of drug-likeness (QED) is 0.843. The summed E-state index contributed by atoms with van der Waals surface area (Å²) in [6.45, 7) is 4.03. The molecule has 120 valence electrons. The highest BCUT2D eigenvalue weighted by atomic mass is 35.5. The van der Waals surface area contributed by atoms with E-state index in [2.05, 4.69) is 9.55 Å². The monoisotopic (exact) mass is 359 g/mol. The highest BCUT2D eigenvalue weighted by Gasteiger charge is 2.30. The number of sulfonamides is 1. The molecule has 0 amide bonds. The van der Waals surface area contributed by atoms with Crippen LogP contribution in [-0.4, -0.2) is 35.4 Å². The van der Waals surface area contributed by atoms with Crippen molar-refractivity contribution < 1.29 is 8.42 Å². The van der Waals surface area contributed by atoms with Gasteiger partial charge in [0.05, 0.1) is 4.34 Å². The van der Waals surface area contributed by atoms with Crippen LogP contribution in [0.3, 0.4) is 0 Å². The van der Waals surface area contributed by atoms with Crippen LogP contribution in [0.15, 0.2) is 28.7 Å². The van der Waals surface area contributed by atoms with Gasteiger partial charge in [-0.3, -0.25) is 0 Å². The van der Waals surface area contributed by atoms with Gasteiger partial charge in [-0.1, -0.05) is 11.6 Å². The Morgan fingerprint density at radius 3 is 2.64 bits per heavy atom. The average Bonchev–Trinajstić information content (AvgIpc) is 3.09. The zero-order valence-corrected chi connectivity index (χ0v) is 14.7. The molecule has 2 aromatic heterocycles. The van der Waals surface area contributed by atoms with Crippen molar-refractivity contribution >= 4 is 33.0 Å². The summed E-state index contributed by atoms with van der Waals surface area (Å²) < 4.78 is 29.6. The van der Waals surface area contributed by atoms with Gasteiger partial charge >= 0.3 is 0 Å². The summed E-state index contributed by atoms with van der Waals surface area (Å²) in [6.07, 6.45) is 5.52. The maximum absolute atomic E-state index is 12.5. The summed E-state index contributed by atoms with van der Waals surface area (Å²) in [5.74, 6) is 1.49. The van der Waals surface area contributed by atoms with Crippen LogP contribution in [0.5, 0.6) is 0 Å². The van der Waals surface area contributed by atoms with E-state index in [9.17, 15) is 8.42 Å². The van der Waals surface area contributed by atoms with Gasteiger partial charge < -0.3 is 4.57 Å². The molecule has 8 heteroatoms. The maximum atomic E-state index is 12.5. The van der Waals surface area contributed by atoms with Crippen molar-refractivity contribution in [1.29, 1.82) is 0 Å². The first-order valence-corrected chi connectivity index (χ1v) is 9.83. The molecule has 3 rings (SSSR count). The Hall–Kier alpha value is -0.890. The van der Waals surface area contributed by atoms with Crippen LogP contribution >= 0.6 is 22.9 Å². The Balaban J connectivity index is 1.63. The number of piperidine rings is 1. The van der Waals surface area contributed by atoms with Crippen LogP contribution in [-0.2, 0) is 16.6 Å². The van der Waals surface area contributed by atoms with E-state index in [0.717, 1.165) is 36.5 Å². The van der Waals surface area contributed by atoms with Crippen molar-refractivity contribution in [2.24, 2.45) is 5.92 Å². The zero-order chi connectivity index (χ0) is 15.7. The van der Waals surface area contributed by atoms with Crippen LogP contribution in [0.25, 0.3) is 0 Å². The van der Waals surface area contributed by atoms with E-state index in [1.54, 1.807) is 22.6 Å². The van der Waals surface area contributed by atoms with Crippen LogP contribution in [0.2, 0.25) is 4.34 Å². The fourth-order valence-corrected chi connectivity index (χ4v) is 5.88. The second-order valence-corrected chi connectivity index (χ2v) is 9.41. The first kappa shape index (κ1) is 16.0. The smallest absolute Gasteiger partial charge is 0.252 e. The van der Waals surface area contributed by atoms with Gasteiger partial charge in [-0.25, -0.2) is 13.4 Å². The summed E-state index contributed by atoms with van der Waals surface area (Å²) >= 11 is 6.97. The van der Waals surface area contributed by atoms with Crippen molar-refractivity contribution in [2.75, 3.05) is 13.1 Å². The molecule has 0 aromatic carbocycles. The molecule has 0 saturated carbocycles. The molecule has 3 heterocycles. The molecule has 1 aliphatic heterocycles. The van der Waals surface area contributed by atoms with Gasteiger partial charge in [-0.15, -0.1) is 11.3 Å². The lowest BCUT2D eigenvalue weighted by Gasteiger charge is -2.31. The Morgan fingerprint density at radius 1 is 1.36 bits per heavy atom. The lowest BCUT2D eigenvalue weighted by atomic mass is 9.98. The Bertz CT molecular complexity index is 746. The van der Waals surface area contributed by atoms with Gasteiger partial charge in [0, 0.05) is 32.0 Å². The van der Waals surface area contributed by atoms with Gasteiger partial charge in [0.2, 0.25) is 0 Å². The second-order valence-electron chi connectivity index (χ2n) is 5.53. The van der Waals surface area contributed by atoms with E-state index >= 15 is 0 Å². The highest BCUT2D eigenvalue weighted by molar-refractivity contribution is 7.91. The maximum Gasteiger partial charge on any atom is 0.252 e. The van der Waals surface area contributed by atoms with Gasteiger partial charge in [0.15, 0.2) is 0 Å². The predicted octanol–water partition coefficient (Wildman–Crippen LogP) is 3.01. The van der Waals surface area contributed by atoms with Crippen LogP contribution in [0.4, 0.5) is 0 Å². The minimum atomic E-state index is -3.39. The van der Waals surface area contributed by atoms with Crippen molar-refractivity contribution in [3.05, 3.63) is 34.7 Å². The van der Waals surface area contributed by atoms with E-state index in [-0.39, 0.29) is 0 Å². The molecule has 0 N–H and O–H groups in total. The first-order valence-electron chi connectivity index (χ1n) is 7.20. The summed E-state index contributed by atoms with van der Waals surface area (Å²) in [4.78, 5) is 4.22. The molecule has 0 unspecified atom stereocenters. The number of hydrogen-bond acceptors (Lipinski definition) is 4. The molecular formula is C14H18ClN3O2S2. The number of hydrogen-bond donors (Lipinski definition) is 0. The fraction of sp³-hybridized carbons (Fsp3) is 0.500. The molecule has 0 aliphatic carbocycles. The molecule has 1 fully saturated rings. The summed E-state index contributed by atoms with van der Waals surface area (Å²) in [5.41, 5.74) is 0. The summed E-state index contributed by atoms with van der Waals surface area (Å²) in [7, 11) is -3.39. The van der Waals surface area contributed by atoms with Gasteiger partial charge in [0.1, 0.15) is 10.0 Å². The molecule has 1 saturated heterocycles. The molecule has 22 heavy (non-hydrogen) atoms. The van der Waals surface area contributed by atoms with Crippen molar-refractivity contribution in [3.63, 3.8) is 0 Å². The number of imidazole rings is 1. The number of aromatic nitrogens is 2. The fourth-order valence-electron chi connectivity index (χ4n) is 2.77. The second kappa shape index (κ2) is 6.31. The molecule has 0 spiro atoms. The van der Waals surface area contributed by atoms with Gasteiger partial charge in [-0.05, 0) is 37.8 Å². The molecule has 0 atom stereocenters. The number of rotatable bonds is 4. The number of aryl methyl sites for hydroxylation is 1. The Labute approximate surface area is 139 Å². The number of nitrogens with zero attached hydrogens (tertiary/aromatic N) is 3. The SMILES string of the molecule is Cc1nccn1CC1CCN(S(=O)(=O)c2ccc(Cl)s2)CC1. The summed E-state index contributed by atoms with van der Waals surface area (Å²) in [6, 6.07) is 3.22. The Kier molecular flexibility index (Phi) is 4.59. The lowest BCUT2D eigenvalue weighted by molar-refractivity contribution is 0.252. The third-order valence-corrected chi connectivity index (χ3v) is 7.69. The normalized spacial score (nSPS) is 17.9. The van der Waals surface area contributed by atoms with Crippen LogP contribution in [0.1, 0.15) is 18.7 Å². The van der Waals surface area contributed by atoms with Gasteiger partial charge in [0.25, 0.3) is 10.0 Å². The minimum absolute atomic E-state index is 0.335.